The monoisotopic (exact) mass is 361 g/mol. The van der Waals surface area contributed by atoms with E-state index in [0.29, 0.717) is 22.4 Å². The van der Waals surface area contributed by atoms with Crippen molar-refractivity contribution >= 4 is 28.9 Å². The molecule has 0 fully saturated rings. The quantitative estimate of drug-likeness (QED) is 0.488. The molecule has 124 valence electrons. The highest BCUT2D eigenvalue weighted by molar-refractivity contribution is 7.99. The average Bonchev–Trinajstić information content (AvgIpc) is 3.18. The van der Waals surface area contributed by atoms with Crippen LogP contribution in [0.2, 0.25) is 0 Å². The molecule has 3 aromatic rings. The van der Waals surface area contributed by atoms with Crippen LogP contribution >= 0.6 is 23.1 Å². The first-order valence-corrected chi connectivity index (χ1v) is 8.95. The molecule has 0 bridgehead atoms. The summed E-state index contributed by atoms with van der Waals surface area (Å²) in [6.45, 7) is 3.84. The summed E-state index contributed by atoms with van der Waals surface area (Å²) < 4.78 is 10.8. The second-order valence-corrected chi connectivity index (χ2v) is 7.09. The molecule has 3 rings (SSSR count). The van der Waals surface area contributed by atoms with Crippen LogP contribution in [0.3, 0.4) is 0 Å². The maximum atomic E-state index is 12.2. The summed E-state index contributed by atoms with van der Waals surface area (Å²) in [5.41, 5.74) is 1.46. The lowest BCUT2D eigenvalue weighted by atomic mass is 10.1. The number of methoxy groups -OCH3 is 1. The summed E-state index contributed by atoms with van der Waals surface area (Å²) in [5.74, 6) is 1.29. The van der Waals surface area contributed by atoms with Gasteiger partial charge in [-0.3, -0.25) is 4.79 Å². The first-order chi connectivity index (χ1) is 11.6. The van der Waals surface area contributed by atoms with Gasteiger partial charge in [-0.25, -0.2) is 4.98 Å². The number of carbonyl (C=O) groups excluding carboxylic acids is 1. The fourth-order valence-corrected chi connectivity index (χ4v) is 3.60. The number of rotatable bonds is 6. The van der Waals surface area contributed by atoms with Gasteiger partial charge < -0.3 is 9.15 Å². The van der Waals surface area contributed by atoms with Crippen molar-refractivity contribution in [2.45, 2.75) is 19.1 Å². The number of Topliss-reactive ketones (excluding diaryl/α,β-unsaturated/α-hetero) is 1. The maximum Gasteiger partial charge on any atom is 0.277 e. The third-order valence-electron chi connectivity index (χ3n) is 3.22. The fraction of sp³-hybridized carbons (Fsp3) is 0.250. The van der Waals surface area contributed by atoms with Crippen LogP contribution in [0.1, 0.15) is 21.1 Å². The molecule has 0 saturated heterocycles. The predicted molar refractivity (Wildman–Crippen MR) is 92.9 cm³/mol. The van der Waals surface area contributed by atoms with Gasteiger partial charge in [0.15, 0.2) is 5.78 Å². The van der Waals surface area contributed by atoms with E-state index in [1.54, 1.807) is 31.4 Å². The third-order valence-corrected chi connectivity index (χ3v) is 5.10. The van der Waals surface area contributed by atoms with Crippen molar-refractivity contribution in [3.8, 4) is 16.5 Å². The Morgan fingerprint density at radius 1 is 1.33 bits per heavy atom. The molecule has 24 heavy (non-hydrogen) atoms. The number of aromatic nitrogens is 3. The topological polar surface area (TPSA) is 78.1 Å². The van der Waals surface area contributed by atoms with Gasteiger partial charge in [0, 0.05) is 5.56 Å². The van der Waals surface area contributed by atoms with E-state index in [1.165, 1.54) is 23.1 Å². The smallest absolute Gasteiger partial charge is 0.277 e. The van der Waals surface area contributed by atoms with E-state index < -0.39 is 0 Å². The molecule has 0 spiro atoms. The number of ether oxygens (including phenoxy) is 1. The molecule has 0 saturated carbocycles. The molecule has 6 nitrogen and oxygen atoms in total. The van der Waals surface area contributed by atoms with Crippen LogP contribution < -0.4 is 4.74 Å². The Morgan fingerprint density at radius 2 is 2.17 bits per heavy atom. The number of aryl methyl sites for hydroxylation is 2. The summed E-state index contributed by atoms with van der Waals surface area (Å²) in [6, 6.07) is 7.06. The molecule has 0 radical (unpaired) electrons. The van der Waals surface area contributed by atoms with Gasteiger partial charge in [-0.2, -0.15) is 0 Å². The highest BCUT2D eigenvalue weighted by Gasteiger charge is 2.16. The van der Waals surface area contributed by atoms with Gasteiger partial charge in [-0.05, 0) is 26.0 Å². The zero-order chi connectivity index (χ0) is 17.1. The van der Waals surface area contributed by atoms with E-state index in [1.807, 2.05) is 13.8 Å². The Balaban J connectivity index is 1.67. The molecular weight excluding hydrogens is 346 g/mol. The van der Waals surface area contributed by atoms with E-state index in [-0.39, 0.29) is 11.5 Å². The summed E-state index contributed by atoms with van der Waals surface area (Å²) in [5, 5.41) is 9.35. The number of nitrogens with zero attached hydrogens (tertiary/aromatic N) is 3. The first-order valence-electron chi connectivity index (χ1n) is 7.15. The van der Waals surface area contributed by atoms with Crippen LogP contribution in [-0.4, -0.2) is 33.8 Å². The standard InChI is InChI=1S/C16H15N3O3S2/c1-9-14(24-10(2)17-9)15-18-19-16(22-15)23-8-13(20)11-5-4-6-12(7-11)21-3/h4-7H,8H2,1-3H3. The number of hydrogen-bond donors (Lipinski definition) is 0. The number of thiazole rings is 1. The second kappa shape index (κ2) is 7.14. The van der Waals surface area contributed by atoms with E-state index in [2.05, 4.69) is 15.2 Å². The molecule has 0 N–H and O–H groups in total. The Kier molecular flexibility index (Phi) is 4.96. The normalized spacial score (nSPS) is 10.8. The van der Waals surface area contributed by atoms with E-state index in [0.717, 1.165) is 15.6 Å². The van der Waals surface area contributed by atoms with Crippen LogP contribution in [0.15, 0.2) is 33.9 Å². The predicted octanol–water partition coefficient (Wildman–Crippen LogP) is 3.79. The van der Waals surface area contributed by atoms with Crippen molar-refractivity contribution in [1.29, 1.82) is 0 Å². The van der Waals surface area contributed by atoms with E-state index >= 15 is 0 Å². The van der Waals surface area contributed by atoms with Gasteiger partial charge in [0.05, 0.1) is 23.6 Å². The molecule has 0 aliphatic heterocycles. The average molecular weight is 361 g/mol. The SMILES string of the molecule is COc1cccc(C(=O)CSc2nnc(-c3sc(C)nc3C)o2)c1. The van der Waals surface area contributed by atoms with Gasteiger partial charge >= 0.3 is 0 Å². The van der Waals surface area contributed by atoms with Crippen molar-refractivity contribution in [3.05, 3.63) is 40.5 Å². The van der Waals surface area contributed by atoms with Crippen molar-refractivity contribution in [3.63, 3.8) is 0 Å². The summed E-state index contributed by atoms with van der Waals surface area (Å²) in [6.07, 6.45) is 0. The third kappa shape index (κ3) is 3.65. The lowest BCUT2D eigenvalue weighted by Crippen LogP contribution is -2.02. The van der Waals surface area contributed by atoms with Gasteiger partial charge in [-0.1, -0.05) is 23.9 Å². The molecule has 0 aliphatic carbocycles. The molecule has 0 amide bonds. The number of thioether (sulfide) groups is 1. The number of benzene rings is 1. The molecule has 2 heterocycles. The van der Waals surface area contributed by atoms with Crippen molar-refractivity contribution in [2.24, 2.45) is 0 Å². The molecule has 0 atom stereocenters. The van der Waals surface area contributed by atoms with Gasteiger partial charge in [0.25, 0.3) is 11.1 Å². The second-order valence-electron chi connectivity index (χ2n) is 4.96. The Bertz CT molecular complexity index is 873. The fourth-order valence-electron chi connectivity index (χ4n) is 2.10. The molecule has 0 unspecified atom stereocenters. The van der Waals surface area contributed by atoms with Crippen LogP contribution in [0.5, 0.6) is 5.75 Å². The number of carbonyl (C=O) groups is 1. The van der Waals surface area contributed by atoms with Crippen LogP contribution in [0.4, 0.5) is 0 Å². The Labute approximate surface area is 147 Å². The molecular formula is C16H15N3O3S2. The maximum absolute atomic E-state index is 12.2. The number of hydrogen-bond acceptors (Lipinski definition) is 8. The zero-order valence-electron chi connectivity index (χ0n) is 13.4. The zero-order valence-corrected chi connectivity index (χ0v) is 15.0. The van der Waals surface area contributed by atoms with E-state index in [9.17, 15) is 4.79 Å². The van der Waals surface area contributed by atoms with Gasteiger partial charge in [-0.15, -0.1) is 21.5 Å². The molecule has 0 aliphatic rings. The minimum absolute atomic E-state index is 0.0246. The first kappa shape index (κ1) is 16.7. The minimum Gasteiger partial charge on any atom is -0.497 e. The van der Waals surface area contributed by atoms with Gasteiger partial charge in [0.1, 0.15) is 10.6 Å². The van der Waals surface area contributed by atoms with Crippen LogP contribution in [0, 0.1) is 13.8 Å². The Hall–Kier alpha value is -2.19. The highest BCUT2D eigenvalue weighted by Crippen LogP contribution is 2.30. The molecule has 2 aromatic heterocycles. The van der Waals surface area contributed by atoms with Crippen LogP contribution in [-0.2, 0) is 0 Å². The number of ketones is 1. The highest BCUT2D eigenvalue weighted by atomic mass is 32.2. The molecule has 8 heteroatoms. The lowest BCUT2D eigenvalue weighted by Gasteiger charge is -2.02. The summed E-state index contributed by atoms with van der Waals surface area (Å²) in [7, 11) is 1.57. The van der Waals surface area contributed by atoms with Gasteiger partial charge in [0.2, 0.25) is 0 Å². The van der Waals surface area contributed by atoms with Crippen molar-refractivity contribution < 1.29 is 13.9 Å². The largest absolute Gasteiger partial charge is 0.497 e. The minimum atomic E-state index is -0.0246. The van der Waals surface area contributed by atoms with Crippen LogP contribution in [0.25, 0.3) is 10.8 Å². The van der Waals surface area contributed by atoms with Crippen molar-refractivity contribution in [1.82, 2.24) is 15.2 Å². The van der Waals surface area contributed by atoms with E-state index in [4.69, 9.17) is 9.15 Å². The lowest BCUT2D eigenvalue weighted by molar-refractivity contribution is 0.102. The summed E-state index contributed by atoms with van der Waals surface area (Å²) >= 11 is 2.73. The van der Waals surface area contributed by atoms with Crippen molar-refractivity contribution in [2.75, 3.05) is 12.9 Å². The summed E-state index contributed by atoms with van der Waals surface area (Å²) in [4.78, 5) is 17.5. The Morgan fingerprint density at radius 3 is 2.88 bits per heavy atom. The molecule has 1 aromatic carbocycles.